The molecule has 0 saturated carbocycles. The molecule has 0 spiro atoms. The van der Waals surface area contributed by atoms with E-state index in [1.54, 1.807) is 16.8 Å². The third kappa shape index (κ3) is 3.39. The lowest BCUT2D eigenvalue weighted by atomic mass is 10.0. The van der Waals surface area contributed by atoms with Gasteiger partial charge < -0.3 is 9.90 Å². The maximum atomic E-state index is 10.4. The van der Waals surface area contributed by atoms with Crippen LogP contribution in [0, 0.1) is 0 Å². The van der Waals surface area contributed by atoms with Crippen LogP contribution >= 0.6 is 0 Å². The first-order valence-corrected chi connectivity index (χ1v) is 10.5. The Labute approximate surface area is 132 Å². The van der Waals surface area contributed by atoms with Gasteiger partial charge in [-0.1, -0.05) is 19.1 Å². The van der Waals surface area contributed by atoms with Gasteiger partial charge in [0.05, 0.1) is 5.69 Å². The van der Waals surface area contributed by atoms with Gasteiger partial charge in [0.25, 0.3) is 0 Å². The molecule has 2 N–H and O–H groups in total. The molecule has 0 saturated heterocycles. The maximum Gasteiger partial charge on any atom is 0.188 e. The van der Waals surface area contributed by atoms with E-state index in [-0.39, 0.29) is 10.8 Å². The Morgan fingerprint density at radius 2 is 1.77 bits per heavy atom. The average Bonchev–Trinajstić information content (AvgIpc) is 2.77. The highest BCUT2D eigenvalue weighted by Crippen LogP contribution is 2.40. The number of aromatic hydroxyl groups is 1. The molecular weight excluding hydrogens is 294 g/mol. The van der Waals surface area contributed by atoms with Crippen molar-refractivity contribution in [2.75, 3.05) is 0 Å². The first-order valence-electron chi connectivity index (χ1n) is 7.52. The lowest BCUT2D eigenvalue weighted by molar-refractivity contribution is 0.447. The SMILES string of the molecule is Cn1nnc(-c2ccc(O)cc2)c1CCC(C)(C)[Si](C)(C)O. The fourth-order valence-corrected chi connectivity index (χ4v) is 2.97. The summed E-state index contributed by atoms with van der Waals surface area (Å²) in [5.74, 6) is 0.239. The van der Waals surface area contributed by atoms with Crippen molar-refractivity contribution in [3.63, 3.8) is 0 Å². The molecule has 0 unspecified atom stereocenters. The summed E-state index contributed by atoms with van der Waals surface area (Å²) >= 11 is 0. The summed E-state index contributed by atoms with van der Waals surface area (Å²) in [4.78, 5) is 10.4. The van der Waals surface area contributed by atoms with E-state index in [1.807, 2.05) is 32.3 Å². The molecule has 1 aromatic heterocycles. The van der Waals surface area contributed by atoms with Gasteiger partial charge in [0.15, 0.2) is 8.32 Å². The number of hydrogen-bond acceptors (Lipinski definition) is 4. The smallest absolute Gasteiger partial charge is 0.188 e. The predicted octanol–water partition coefficient (Wildman–Crippen LogP) is 3.10. The standard InChI is InChI=1S/C16H25N3O2Si/c1-16(2,22(4,5)21)11-10-14-15(17-18-19(14)3)12-6-8-13(20)9-7-12/h6-9,20-21H,10-11H2,1-5H3. The molecule has 0 amide bonds. The van der Waals surface area contributed by atoms with Crippen molar-refractivity contribution >= 4 is 8.32 Å². The summed E-state index contributed by atoms with van der Waals surface area (Å²) in [6.45, 7) is 8.22. The topological polar surface area (TPSA) is 71.2 Å². The monoisotopic (exact) mass is 319 g/mol. The molecule has 5 nitrogen and oxygen atoms in total. The Bertz CT molecular complexity index is 642. The Hall–Kier alpha value is -1.66. The quantitative estimate of drug-likeness (QED) is 0.831. The van der Waals surface area contributed by atoms with E-state index >= 15 is 0 Å². The number of aryl methyl sites for hydroxylation is 1. The number of hydrogen-bond donors (Lipinski definition) is 2. The summed E-state index contributed by atoms with van der Waals surface area (Å²) in [6, 6.07) is 7.00. The minimum atomic E-state index is -2.22. The zero-order valence-corrected chi connectivity index (χ0v) is 15.0. The fourth-order valence-electron chi connectivity index (χ4n) is 2.24. The summed E-state index contributed by atoms with van der Waals surface area (Å²) in [5, 5.41) is 17.7. The molecule has 1 aromatic carbocycles. The largest absolute Gasteiger partial charge is 0.508 e. The van der Waals surface area contributed by atoms with E-state index in [4.69, 9.17) is 0 Å². The number of nitrogens with zero attached hydrogens (tertiary/aromatic N) is 3. The third-order valence-corrected chi connectivity index (χ3v) is 8.29. The second-order valence-electron chi connectivity index (χ2n) is 7.00. The van der Waals surface area contributed by atoms with Gasteiger partial charge in [0.2, 0.25) is 0 Å². The number of aromatic nitrogens is 3. The van der Waals surface area contributed by atoms with E-state index < -0.39 is 8.32 Å². The van der Waals surface area contributed by atoms with Gasteiger partial charge in [0.1, 0.15) is 11.4 Å². The van der Waals surface area contributed by atoms with E-state index in [2.05, 4.69) is 24.2 Å². The van der Waals surface area contributed by atoms with Crippen LogP contribution in [0.5, 0.6) is 5.75 Å². The second-order valence-corrected chi connectivity index (χ2v) is 11.5. The number of phenols is 1. The first kappa shape index (κ1) is 16.7. The summed E-state index contributed by atoms with van der Waals surface area (Å²) < 4.78 is 1.80. The van der Waals surface area contributed by atoms with E-state index in [1.165, 1.54) is 0 Å². The molecule has 120 valence electrons. The van der Waals surface area contributed by atoms with Crippen molar-refractivity contribution in [3.8, 4) is 17.0 Å². The van der Waals surface area contributed by atoms with Crippen molar-refractivity contribution < 1.29 is 9.90 Å². The highest BCUT2D eigenvalue weighted by molar-refractivity contribution is 6.72. The van der Waals surface area contributed by atoms with Crippen molar-refractivity contribution in [1.29, 1.82) is 0 Å². The lowest BCUT2D eigenvalue weighted by Crippen LogP contribution is -2.39. The van der Waals surface area contributed by atoms with Crippen LogP contribution in [-0.2, 0) is 13.5 Å². The normalized spacial score (nSPS) is 12.6. The number of rotatable bonds is 5. The van der Waals surface area contributed by atoms with Crippen LogP contribution < -0.4 is 0 Å². The van der Waals surface area contributed by atoms with Crippen molar-refractivity contribution in [2.24, 2.45) is 7.05 Å². The van der Waals surface area contributed by atoms with Crippen LogP contribution in [0.1, 0.15) is 26.0 Å². The molecule has 6 heteroatoms. The van der Waals surface area contributed by atoms with Crippen LogP contribution in [0.4, 0.5) is 0 Å². The third-order valence-electron chi connectivity index (χ3n) is 4.73. The second kappa shape index (κ2) is 5.85. The van der Waals surface area contributed by atoms with E-state index in [9.17, 15) is 9.90 Å². The van der Waals surface area contributed by atoms with Crippen molar-refractivity contribution in [2.45, 2.75) is 44.8 Å². The van der Waals surface area contributed by atoms with Gasteiger partial charge in [-0.05, 0) is 55.2 Å². The first-order chi connectivity index (χ1) is 10.1. The number of benzene rings is 1. The van der Waals surface area contributed by atoms with E-state index in [0.29, 0.717) is 0 Å². The highest BCUT2D eigenvalue weighted by atomic mass is 28.4. The molecular formula is C16H25N3O2Si. The molecule has 22 heavy (non-hydrogen) atoms. The maximum absolute atomic E-state index is 10.4. The van der Waals surface area contributed by atoms with Crippen molar-refractivity contribution in [3.05, 3.63) is 30.0 Å². The van der Waals surface area contributed by atoms with Crippen LogP contribution in [-0.4, -0.2) is 33.2 Å². The van der Waals surface area contributed by atoms with Gasteiger partial charge in [-0.3, -0.25) is 4.68 Å². The molecule has 0 fully saturated rings. The lowest BCUT2D eigenvalue weighted by Gasteiger charge is -2.35. The fraction of sp³-hybridized carbons (Fsp3) is 0.500. The van der Waals surface area contributed by atoms with Crippen LogP contribution in [0.25, 0.3) is 11.3 Å². The van der Waals surface area contributed by atoms with Gasteiger partial charge in [-0.15, -0.1) is 5.10 Å². The Kier molecular flexibility index (Phi) is 4.44. The van der Waals surface area contributed by atoms with E-state index in [0.717, 1.165) is 29.8 Å². The van der Waals surface area contributed by atoms with Crippen LogP contribution in [0.15, 0.2) is 24.3 Å². The van der Waals surface area contributed by atoms with Crippen LogP contribution in [0.3, 0.4) is 0 Å². The van der Waals surface area contributed by atoms with Crippen LogP contribution in [0.2, 0.25) is 18.1 Å². The average molecular weight is 319 g/mol. The molecule has 1 heterocycles. The minimum Gasteiger partial charge on any atom is -0.508 e. The Balaban J connectivity index is 2.26. The summed E-state index contributed by atoms with van der Waals surface area (Å²) in [6.07, 6.45) is 1.69. The zero-order chi connectivity index (χ0) is 16.5. The summed E-state index contributed by atoms with van der Waals surface area (Å²) in [7, 11) is -0.333. The van der Waals surface area contributed by atoms with Gasteiger partial charge in [-0.2, -0.15) is 0 Å². The van der Waals surface area contributed by atoms with Crippen molar-refractivity contribution in [1.82, 2.24) is 15.0 Å². The summed E-state index contributed by atoms with van der Waals surface area (Å²) in [5.41, 5.74) is 2.84. The predicted molar refractivity (Wildman–Crippen MR) is 90.2 cm³/mol. The molecule has 0 aliphatic heterocycles. The molecule has 2 rings (SSSR count). The number of phenolic OH excluding ortho intramolecular Hbond substituents is 1. The molecule has 0 bridgehead atoms. The van der Waals surface area contributed by atoms with Gasteiger partial charge >= 0.3 is 0 Å². The Morgan fingerprint density at radius 3 is 2.32 bits per heavy atom. The van der Waals surface area contributed by atoms with Gasteiger partial charge in [0, 0.05) is 12.6 Å². The van der Waals surface area contributed by atoms with Gasteiger partial charge in [-0.25, -0.2) is 0 Å². The molecule has 2 aromatic rings. The Morgan fingerprint density at radius 1 is 1.18 bits per heavy atom. The minimum absolute atomic E-state index is 0.0799. The molecule has 0 radical (unpaired) electrons. The molecule has 0 aliphatic rings. The molecule has 0 aliphatic carbocycles. The molecule has 0 atom stereocenters. The zero-order valence-electron chi connectivity index (χ0n) is 14.0. The highest BCUT2D eigenvalue weighted by Gasteiger charge is 2.37.